The van der Waals surface area contributed by atoms with Gasteiger partial charge in [-0.15, -0.1) is 0 Å². The Labute approximate surface area is 108 Å². The van der Waals surface area contributed by atoms with Gasteiger partial charge in [-0.1, -0.05) is 17.7 Å². The van der Waals surface area contributed by atoms with Gasteiger partial charge in [-0.25, -0.2) is 10.8 Å². The van der Waals surface area contributed by atoms with Gasteiger partial charge in [-0.3, -0.25) is 5.43 Å². The maximum absolute atomic E-state index is 8.83. The van der Waals surface area contributed by atoms with Crippen molar-refractivity contribution in [1.82, 2.24) is 9.97 Å². The van der Waals surface area contributed by atoms with E-state index < -0.39 is 0 Å². The predicted molar refractivity (Wildman–Crippen MR) is 69.3 cm³/mol. The van der Waals surface area contributed by atoms with Crippen molar-refractivity contribution in [2.45, 2.75) is 0 Å². The highest BCUT2D eigenvalue weighted by atomic mass is 35.5. The molecule has 18 heavy (non-hydrogen) atoms. The minimum absolute atomic E-state index is 0.165. The van der Waals surface area contributed by atoms with Gasteiger partial charge < -0.3 is 5.32 Å². The first-order valence-electron chi connectivity index (χ1n) is 4.99. The average Bonchev–Trinajstić information content (AvgIpc) is 2.38. The molecule has 0 saturated carbocycles. The minimum atomic E-state index is 0.165. The fourth-order valence-electron chi connectivity index (χ4n) is 1.35. The Morgan fingerprint density at radius 3 is 2.78 bits per heavy atom. The molecule has 0 aliphatic carbocycles. The van der Waals surface area contributed by atoms with Crippen LogP contribution < -0.4 is 16.6 Å². The van der Waals surface area contributed by atoms with E-state index in [1.165, 1.54) is 6.07 Å². The zero-order valence-electron chi connectivity index (χ0n) is 9.18. The first kappa shape index (κ1) is 12.1. The molecule has 0 atom stereocenters. The number of hydrogen-bond acceptors (Lipinski definition) is 6. The number of rotatable bonds is 3. The fraction of sp³-hybridized carbons (Fsp3) is 0. The van der Waals surface area contributed by atoms with E-state index in [4.69, 9.17) is 22.7 Å². The van der Waals surface area contributed by atoms with Crippen molar-refractivity contribution in [3.05, 3.63) is 41.0 Å². The van der Waals surface area contributed by atoms with Crippen molar-refractivity contribution in [1.29, 1.82) is 5.26 Å². The number of hydrogen-bond donors (Lipinski definition) is 3. The van der Waals surface area contributed by atoms with E-state index >= 15 is 0 Å². The highest BCUT2D eigenvalue weighted by Gasteiger charge is 2.04. The van der Waals surface area contributed by atoms with E-state index in [9.17, 15) is 0 Å². The van der Waals surface area contributed by atoms with Crippen LogP contribution in [0.15, 0.2) is 30.3 Å². The highest BCUT2D eigenvalue weighted by molar-refractivity contribution is 6.30. The third-order valence-electron chi connectivity index (χ3n) is 2.07. The summed E-state index contributed by atoms with van der Waals surface area (Å²) in [5.41, 5.74) is 3.27. The summed E-state index contributed by atoms with van der Waals surface area (Å²) in [5, 5.41) is 12.4. The topological polar surface area (TPSA) is 99.7 Å². The summed E-state index contributed by atoms with van der Waals surface area (Å²) in [7, 11) is 0. The molecule has 2 rings (SSSR count). The number of benzene rings is 1. The molecule has 0 spiro atoms. The number of nitrogen functional groups attached to an aromatic ring is 1. The Morgan fingerprint density at radius 2 is 2.11 bits per heavy atom. The third-order valence-corrected chi connectivity index (χ3v) is 2.30. The van der Waals surface area contributed by atoms with Crippen LogP contribution >= 0.6 is 11.6 Å². The normalized spacial score (nSPS) is 9.61. The van der Waals surface area contributed by atoms with Gasteiger partial charge in [0, 0.05) is 16.8 Å². The number of halogens is 1. The smallest absolute Gasteiger partial charge is 0.240 e. The van der Waals surface area contributed by atoms with Crippen LogP contribution in [0.4, 0.5) is 17.5 Å². The van der Waals surface area contributed by atoms with Gasteiger partial charge in [0.15, 0.2) is 0 Å². The zero-order chi connectivity index (χ0) is 13.0. The van der Waals surface area contributed by atoms with Gasteiger partial charge >= 0.3 is 0 Å². The lowest BCUT2D eigenvalue weighted by molar-refractivity contribution is 1.10. The van der Waals surface area contributed by atoms with Crippen molar-refractivity contribution >= 4 is 29.1 Å². The fourth-order valence-corrected chi connectivity index (χ4v) is 1.54. The molecule has 1 heterocycles. The lowest BCUT2D eigenvalue weighted by Crippen LogP contribution is -2.12. The van der Waals surface area contributed by atoms with E-state index in [2.05, 4.69) is 20.7 Å². The van der Waals surface area contributed by atoms with Gasteiger partial charge in [0.25, 0.3) is 0 Å². The van der Waals surface area contributed by atoms with Crippen molar-refractivity contribution in [2.24, 2.45) is 5.84 Å². The van der Waals surface area contributed by atoms with Crippen LogP contribution in [0.25, 0.3) is 0 Å². The van der Waals surface area contributed by atoms with Gasteiger partial charge in [-0.2, -0.15) is 10.2 Å². The zero-order valence-corrected chi connectivity index (χ0v) is 9.94. The Hall–Kier alpha value is -2.36. The third kappa shape index (κ3) is 2.85. The van der Waals surface area contributed by atoms with Crippen LogP contribution in [0.5, 0.6) is 0 Å². The molecule has 0 aliphatic rings. The van der Waals surface area contributed by atoms with Crippen LogP contribution in [-0.4, -0.2) is 9.97 Å². The Balaban J connectivity index is 2.31. The van der Waals surface area contributed by atoms with E-state index in [0.717, 1.165) is 5.69 Å². The molecule has 2 aromatic rings. The number of nitriles is 1. The monoisotopic (exact) mass is 260 g/mol. The van der Waals surface area contributed by atoms with Crippen LogP contribution in [0.2, 0.25) is 5.02 Å². The number of anilines is 3. The molecule has 1 aromatic heterocycles. The molecule has 4 N–H and O–H groups in total. The van der Waals surface area contributed by atoms with Crippen LogP contribution in [-0.2, 0) is 0 Å². The second kappa shape index (κ2) is 5.31. The number of nitrogens with zero attached hydrogens (tertiary/aromatic N) is 3. The van der Waals surface area contributed by atoms with E-state index in [1.54, 1.807) is 18.2 Å². The summed E-state index contributed by atoms with van der Waals surface area (Å²) in [6.45, 7) is 0. The van der Waals surface area contributed by atoms with Crippen molar-refractivity contribution in [3.8, 4) is 6.07 Å². The van der Waals surface area contributed by atoms with Crippen molar-refractivity contribution < 1.29 is 0 Å². The van der Waals surface area contributed by atoms with Crippen molar-refractivity contribution in [2.75, 3.05) is 10.7 Å². The summed E-state index contributed by atoms with van der Waals surface area (Å²) in [6, 6.07) is 10.6. The van der Waals surface area contributed by atoms with Crippen LogP contribution in [0.3, 0.4) is 0 Å². The summed E-state index contributed by atoms with van der Waals surface area (Å²) in [4.78, 5) is 7.93. The predicted octanol–water partition coefficient (Wildman–Crippen LogP) is 2.03. The molecule has 6 nitrogen and oxygen atoms in total. The van der Waals surface area contributed by atoms with E-state index in [-0.39, 0.29) is 11.6 Å². The minimum Gasteiger partial charge on any atom is -0.340 e. The second-order valence-corrected chi connectivity index (χ2v) is 3.79. The Kier molecular flexibility index (Phi) is 3.57. The molecular weight excluding hydrogens is 252 g/mol. The van der Waals surface area contributed by atoms with Gasteiger partial charge in [-0.05, 0) is 18.2 Å². The molecule has 0 amide bonds. The van der Waals surface area contributed by atoms with Gasteiger partial charge in [0.1, 0.15) is 17.6 Å². The molecular formula is C11H9ClN6. The molecule has 0 saturated heterocycles. The number of aromatic nitrogens is 2. The number of nitrogens with two attached hydrogens (primary N) is 1. The standard InChI is InChI=1S/C11H9ClN6/c12-7-2-1-3-8(4-7)15-10-5-9(6-13)16-11(17-10)18-14/h1-5H,14H2,(H2,15,16,17,18). The lowest BCUT2D eigenvalue weighted by atomic mass is 10.3. The molecule has 0 radical (unpaired) electrons. The molecule has 0 bridgehead atoms. The van der Waals surface area contributed by atoms with Gasteiger partial charge in [0.2, 0.25) is 5.95 Å². The maximum Gasteiger partial charge on any atom is 0.240 e. The summed E-state index contributed by atoms with van der Waals surface area (Å²) >= 11 is 5.87. The molecule has 0 unspecified atom stereocenters. The highest BCUT2D eigenvalue weighted by Crippen LogP contribution is 2.19. The molecule has 1 aromatic carbocycles. The van der Waals surface area contributed by atoms with Gasteiger partial charge in [0.05, 0.1) is 0 Å². The van der Waals surface area contributed by atoms with Crippen LogP contribution in [0, 0.1) is 11.3 Å². The molecule has 90 valence electrons. The van der Waals surface area contributed by atoms with E-state index in [1.807, 2.05) is 12.1 Å². The summed E-state index contributed by atoms with van der Waals surface area (Å²) in [6.07, 6.45) is 0. The first-order valence-corrected chi connectivity index (χ1v) is 5.37. The van der Waals surface area contributed by atoms with E-state index in [0.29, 0.717) is 10.8 Å². The second-order valence-electron chi connectivity index (χ2n) is 3.35. The Bertz CT molecular complexity index is 607. The largest absolute Gasteiger partial charge is 0.340 e. The number of nitrogens with one attached hydrogen (secondary N) is 2. The summed E-state index contributed by atoms with van der Waals surface area (Å²) in [5.74, 6) is 5.85. The maximum atomic E-state index is 8.83. The molecule has 7 heteroatoms. The molecule has 0 aliphatic heterocycles. The van der Waals surface area contributed by atoms with Crippen molar-refractivity contribution in [3.63, 3.8) is 0 Å². The number of hydrazine groups is 1. The SMILES string of the molecule is N#Cc1cc(Nc2cccc(Cl)c2)nc(NN)n1. The summed E-state index contributed by atoms with van der Waals surface area (Å²) < 4.78 is 0. The quantitative estimate of drug-likeness (QED) is 0.577. The molecule has 0 fully saturated rings. The lowest BCUT2D eigenvalue weighted by Gasteiger charge is -2.07. The average molecular weight is 261 g/mol. The van der Waals surface area contributed by atoms with Crippen LogP contribution in [0.1, 0.15) is 5.69 Å². The first-order chi connectivity index (χ1) is 8.71. The Morgan fingerprint density at radius 1 is 1.28 bits per heavy atom.